The summed E-state index contributed by atoms with van der Waals surface area (Å²) in [5.41, 5.74) is 3.72. The Balaban J connectivity index is 2.19. The van der Waals surface area contributed by atoms with Crippen LogP contribution in [-0.2, 0) is 28.7 Å². The summed E-state index contributed by atoms with van der Waals surface area (Å²) in [6, 6.07) is -3.05. The molecule has 2 rings (SSSR count). The van der Waals surface area contributed by atoms with Crippen LogP contribution in [0.15, 0.2) is 0 Å². The molecule has 36 heavy (non-hydrogen) atoms. The minimum absolute atomic E-state index is 0.0210. The molecule has 2 aliphatic rings. The van der Waals surface area contributed by atoms with Crippen LogP contribution in [-0.4, -0.2) is 83.1 Å². The second-order valence-corrected chi connectivity index (χ2v) is 11.3. The van der Waals surface area contributed by atoms with Gasteiger partial charge in [-0.15, -0.1) is 0 Å². The number of esters is 1. The van der Waals surface area contributed by atoms with Crippen LogP contribution < -0.4 is 21.7 Å². The van der Waals surface area contributed by atoms with Gasteiger partial charge in [0.2, 0.25) is 17.7 Å². The van der Waals surface area contributed by atoms with Crippen molar-refractivity contribution in [2.45, 2.75) is 109 Å². The van der Waals surface area contributed by atoms with E-state index in [1.807, 2.05) is 0 Å². The smallest absolute Gasteiger partial charge is 0.408 e. The fraction of sp³-hybridized carbons (Fsp3) is 0.792. The van der Waals surface area contributed by atoms with Crippen molar-refractivity contribution >= 4 is 29.8 Å². The van der Waals surface area contributed by atoms with Crippen molar-refractivity contribution in [2.24, 2.45) is 5.73 Å². The molecule has 0 saturated carbocycles. The molecule has 2 fully saturated rings. The first-order valence-electron chi connectivity index (χ1n) is 12.4. The van der Waals surface area contributed by atoms with Crippen LogP contribution in [0.1, 0.15) is 73.6 Å². The Labute approximate surface area is 212 Å². The standard InChI is InChI=1S/C24H41N5O7/c1-23(2,3)35-21(33)15(8-10-18(25)30)27-19(31)17-9-7-14-11-12-26-13-16(20(32)29(14)17)28-22(34)36-24(4,5)6/h14-17,26H,7-13H2,1-6H3,(H2,25,30)(H,27,31)(H,28,34)/t14-,15+,16+,17+/m1/s1. The number of rotatable bonds is 7. The first-order chi connectivity index (χ1) is 16.6. The normalized spacial score (nSPS) is 23.6. The Kier molecular flexibility index (Phi) is 9.70. The van der Waals surface area contributed by atoms with Gasteiger partial charge in [-0.1, -0.05) is 0 Å². The summed E-state index contributed by atoms with van der Waals surface area (Å²) in [5.74, 6) is -2.21. The topological polar surface area (TPSA) is 169 Å². The maximum atomic E-state index is 13.5. The Morgan fingerprint density at radius 2 is 1.69 bits per heavy atom. The number of hydrogen-bond donors (Lipinski definition) is 4. The molecule has 2 saturated heterocycles. The second-order valence-electron chi connectivity index (χ2n) is 11.3. The highest BCUT2D eigenvalue weighted by atomic mass is 16.6. The number of carbonyl (C=O) groups is 5. The molecule has 2 aliphatic heterocycles. The van der Waals surface area contributed by atoms with E-state index in [1.54, 1.807) is 41.5 Å². The van der Waals surface area contributed by atoms with Crippen molar-refractivity contribution in [3.63, 3.8) is 0 Å². The van der Waals surface area contributed by atoms with E-state index < -0.39 is 59.1 Å². The Bertz CT molecular complexity index is 849. The highest BCUT2D eigenvalue weighted by molar-refractivity contribution is 5.94. The van der Waals surface area contributed by atoms with E-state index in [0.29, 0.717) is 25.8 Å². The summed E-state index contributed by atoms with van der Waals surface area (Å²) in [6.07, 6.45) is 0.782. The predicted molar refractivity (Wildman–Crippen MR) is 131 cm³/mol. The second kappa shape index (κ2) is 11.9. The van der Waals surface area contributed by atoms with Crippen molar-refractivity contribution in [1.29, 1.82) is 0 Å². The quantitative estimate of drug-likeness (QED) is 0.354. The minimum Gasteiger partial charge on any atom is -0.458 e. The lowest BCUT2D eigenvalue weighted by molar-refractivity contribution is -0.159. The van der Waals surface area contributed by atoms with Gasteiger partial charge in [-0.05, 0) is 73.8 Å². The number of nitrogens with two attached hydrogens (primary N) is 1. The molecule has 4 amide bonds. The zero-order valence-electron chi connectivity index (χ0n) is 22.1. The zero-order chi connectivity index (χ0) is 27.3. The molecule has 0 spiro atoms. The van der Waals surface area contributed by atoms with Gasteiger partial charge in [-0.2, -0.15) is 0 Å². The van der Waals surface area contributed by atoms with Gasteiger partial charge >= 0.3 is 12.1 Å². The number of ether oxygens (including phenoxy) is 2. The van der Waals surface area contributed by atoms with E-state index >= 15 is 0 Å². The van der Waals surface area contributed by atoms with Gasteiger partial charge in [-0.25, -0.2) is 9.59 Å². The maximum absolute atomic E-state index is 13.5. The average Bonchev–Trinajstić information content (AvgIpc) is 3.12. The molecular weight excluding hydrogens is 470 g/mol. The number of alkyl carbamates (subject to hydrolysis) is 1. The number of primary amides is 1. The Morgan fingerprint density at radius 3 is 2.28 bits per heavy atom. The number of fused-ring (bicyclic) bond motifs is 1. The molecule has 0 radical (unpaired) electrons. The van der Waals surface area contributed by atoms with Crippen LogP contribution in [0.2, 0.25) is 0 Å². The third-order valence-corrected chi connectivity index (χ3v) is 5.74. The summed E-state index contributed by atoms with van der Waals surface area (Å²) < 4.78 is 10.7. The van der Waals surface area contributed by atoms with Crippen molar-refractivity contribution in [3.8, 4) is 0 Å². The molecule has 2 heterocycles. The number of amides is 4. The lowest BCUT2D eigenvalue weighted by Gasteiger charge is -2.36. The highest BCUT2D eigenvalue weighted by Gasteiger charge is 2.45. The van der Waals surface area contributed by atoms with Crippen LogP contribution >= 0.6 is 0 Å². The van der Waals surface area contributed by atoms with E-state index in [9.17, 15) is 24.0 Å². The Morgan fingerprint density at radius 1 is 1.06 bits per heavy atom. The largest absolute Gasteiger partial charge is 0.458 e. The predicted octanol–water partition coefficient (Wildman–Crippen LogP) is 0.325. The minimum atomic E-state index is -1.09. The molecule has 0 unspecified atom stereocenters. The highest BCUT2D eigenvalue weighted by Crippen LogP contribution is 2.28. The Hall–Kier alpha value is -2.89. The SMILES string of the molecule is CC(C)(C)OC(=O)N[C@H]1CNCC[C@H]2CC[C@@H](C(=O)N[C@@H](CCC(N)=O)C(=O)OC(C)(C)C)N2C1=O. The lowest BCUT2D eigenvalue weighted by atomic mass is 10.1. The fourth-order valence-corrected chi connectivity index (χ4v) is 4.28. The fourth-order valence-electron chi connectivity index (χ4n) is 4.28. The molecule has 12 nitrogen and oxygen atoms in total. The van der Waals surface area contributed by atoms with Crippen LogP contribution in [0.5, 0.6) is 0 Å². The molecule has 0 aromatic heterocycles. The third-order valence-electron chi connectivity index (χ3n) is 5.74. The monoisotopic (exact) mass is 511 g/mol. The van der Waals surface area contributed by atoms with Crippen LogP contribution in [0.4, 0.5) is 4.79 Å². The summed E-state index contributed by atoms with van der Waals surface area (Å²) in [7, 11) is 0. The third kappa shape index (κ3) is 8.96. The van der Waals surface area contributed by atoms with Crippen molar-refractivity contribution in [1.82, 2.24) is 20.9 Å². The molecule has 5 N–H and O–H groups in total. The van der Waals surface area contributed by atoms with Gasteiger partial charge in [0.25, 0.3) is 0 Å². The number of nitrogens with one attached hydrogen (secondary N) is 3. The van der Waals surface area contributed by atoms with Crippen LogP contribution in [0.25, 0.3) is 0 Å². The van der Waals surface area contributed by atoms with Gasteiger partial charge < -0.3 is 36.1 Å². The molecule has 12 heteroatoms. The van der Waals surface area contributed by atoms with E-state index in [2.05, 4.69) is 16.0 Å². The molecular formula is C24H41N5O7. The molecule has 0 aromatic rings. The van der Waals surface area contributed by atoms with Gasteiger partial charge in [0.1, 0.15) is 29.3 Å². The number of nitrogens with zero attached hydrogens (tertiary/aromatic N) is 1. The molecule has 0 aromatic carbocycles. The first kappa shape index (κ1) is 29.3. The summed E-state index contributed by atoms with van der Waals surface area (Å²) >= 11 is 0. The van der Waals surface area contributed by atoms with Crippen molar-refractivity contribution < 1.29 is 33.4 Å². The van der Waals surface area contributed by atoms with Crippen LogP contribution in [0, 0.1) is 0 Å². The average molecular weight is 512 g/mol. The van der Waals surface area contributed by atoms with Gasteiger partial charge in [0, 0.05) is 19.0 Å². The zero-order valence-corrected chi connectivity index (χ0v) is 22.1. The van der Waals surface area contributed by atoms with Crippen molar-refractivity contribution in [2.75, 3.05) is 13.1 Å². The van der Waals surface area contributed by atoms with Crippen LogP contribution in [0.3, 0.4) is 0 Å². The van der Waals surface area contributed by atoms with E-state index in [-0.39, 0.29) is 25.4 Å². The number of carbonyl (C=O) groups excluding carboxylic acids is 5. The molecule has 0 aliphatic carbocycles. The summed E-state index contributed by atoms with van der Waals surface area (Å²) in [4.78, 5) is 64.7. The van der Waals surface area contributed by atoms with Gasteiger partial charge in [0.15, 0.2) is 0 Å². The van der Waals surface area contributed by atoms with Gasteiger partial charge in [0.05, 0.1) is 0 Å². The number of hydrogen-bond acceptors (Lipinski definition) is 8. The molecule has 204 valence electrons. The van der Waals surface area contributed by atoms with Gasteiger partial charge in [-0.3, -0.25) is 14.4 Å². The van der Waals surface area contributed by atoms with E-state index in [0.717, 1.165) is 0 Å². The summed E-state index contributed by atoms with van der Waals surface area (Å²) in [5, 5.41) is 8.45. The molecule has 4 atom stereocenters. The van der Waals surface area contributed by atoms with E-state index in [4.69, 9.17) is 15.2 Å². The van der Waals surface area contributed by atoms with Crippen molar-refractivity contribution in [3.05, 3.63) is 0 Å². The lowest BCUT2D eigenvalue weighted by Crippen LogP contribution is -2.61. The maximum Gasteiger partial charge on any atom is 0.408 e. The first-order valence-corrected chi connectivity index (χ1v) is 12.4. The van der Waals surface area contributed by atoms with E-state index in [1.165, 1.54) is 4.90 Å². The molecule has 0 bridgehead atoms. The summed E-state index contributed by atoms with van der Waals surface area (Å²) in [6.45, 7) is 11.1.